The first-order chi connectivity index (χ1) is 8.59. The van der Waals surface area contributed by atoms with Crippen molar-refractivity contribution in [2.45, 2.75) is 71.8 Å². The molecule has 0 radical (unpaired) electrons. The van der Waals surface area contributed by atoms with E-state index in [4.69, 9.17) is 0 Å². The average molecular weight is 254 g/mol. The van der Waals surface area contributed by atoms with E-state index in [-0.39, 0.29) is 0 Å². The van der Waals surface area contributed by atoms with Crippen molar-refractivity contribution in [2.24, 2.45) is 5.41 Å². The van der Waals surface area contributed by atoms with Gasteiger partial charge >= 0.3 is 0 Å². The molecule has 2 nitrogen and oxygen atoms in total. The Kier molecular flexibility index (Phi) is 7.25. The molecule has 0 bridgehead atoms. The van der Waals surface area contributed by atoms with Crippen LogP contribution in [0.3, 0.4) is 0 Å². The Morgan fingerprint density at radius 3 is 2.22 bits per heavy atom. The highest BCUT2D eigenvalue weighted by Gasteiger charge is 2.32. The van der Waals surface area contributed by atoms with Crippen LogP contribution in [0.15, 0.2) is 0 Å². The standard InChI is InChI=1S/C16H34N2/c1-5-12-17-13-16(14-18(4)15(2)3)10-8-6-7-9-11-16/h15,17H,5-14H2,1-4H3. The van der Waals surface area contributed by atoms with E-state index in [2.05, 4.69) is 38.0 Å². The molecular weight excluding hydrogens is 220 g/mol. The molecule has 0 amide bonds. The molecule has 0 heterocycles. The van der Waals surface area contributed by atoms with E-state index in [9.17, 15) is 0 Å². The van der Waals surface area contributed by atoms with E-state index >= 15 is 0 Å². The van der Waals surface area contributed by atoms with Crippen LogP contribution in [-0.2, 0) is 0 Å². The van der Waals surface area contributed by atoms with E-state index in [0.29, 0.717) is 11.5 Å². The second-order valence-electron chi connectivity index (χ2n) is 6.60. The quantitative estimate of drug-likeness (QED) is 0.551. The van der Waals surface area contributed by atoms with Crippen LogP contribution in [0.4, 0.5) is 0 Å². The highest BCUT2D eigenvalue weighted by atomic mass is 15.1. The summed E-state index contributed by atoms with van der Waals surface area (Å²) in [5, 5.41) is 3.69. The third kappa shape index (κ3) is 5.27. The van der Waals surface area contributed by atoms with Crippen molar-refractivity contribution in [2.75, 3.05) is 26.7 Å². The van der Waals surface area contributed by atoms with Crippen molar-refractivity contribution in [3.8, 4) is 0 Å². The van der Waals surface area contributed by atoms with Crippen LogP contribution in [0.2, 0.25) is 0 Å². The molecule has 1 N–H and O–H groups in total. The number of hydrogen-bond donors (Lipinski definition) is 1. The molecule has 1 aliphatic rings. The minimum atomic E-state index is 0.532. The first kappa shape index (κ1) is 16.0. The van der Waals surface area contributed by atoms with E-state index in [1.54, 1.807) is 0 Å². The van der Waals surface area contributed by atoms with Crippen LogP contribution in [0.1, 0.15) is 65.7 Å². The molecule has 0 unspecified atom stereocenters. The molecule has 1 saturated carbocycles. The van der Waals surface area contributed by atoms with E-state index in [0.717, 1.165) is 0 Å². The van der Waals surface area contributed by atoms with Gasteiger partial charge in [0.05, 0.1) is 0 Å². The maximum Gasteiger partial charge on any atom is 0.00498 e. The number of hydrogen-bond acceptors (Lipinski definition) is 2. The van der Waals surface area contributed by atoms with Crippen molar-refractivity contribution in [3.63, 3.8) is 0 Å². The Balaban J connectivity index is 2.59. The largest absolute Gasteiger partial charge is 0.316 e. The molecule has 0 aromatic rings. The van der Waals surface area contributed by atoms with Gasteiger partial charge in [-0.2, -0.15) is 0 Å². The monoisotopic (exact) mass is 254 g/mol. The SMILES string of the molecule is CCCNCC1(CN(C)C(C)C)CCCCCC1. The van der Waals surface area contributed by atoms with Crippen LogP contribution in [-0.4, -0.2) is 37.6 Å². The number of rotatable bonds is 7. The summed E-state index contributed by atoms with van der Waals surface area (Å²) in [6.45, 7) is 10.5. The second-order valence-corrected chi connectivity index (χ2v) is 6.60. The Bertz CT molecular complexity index is 205. The molecule has 1 rings (SSSR count). The Hall–Kier alpha value is -0.0800. The van der Waals surface area contributed by atoms with Crippen LogP contribution in [0.5, 0.6) is 0 Å². The molecule has 0 aromatic heterocycles. The van der Waals surface area contributed by atoms with Gasteiger partial charge in [-0.05, 0) is 52.1 Å². The van der Waals surface area contributed by atoms with Gasteiger partial charge in [0.2, 0.25) is 0 Å². The fraction of sp³-hybridized carbons (Fsp3) is 1.00. The van der Waals surface area contributed by atoms with E-state index < -0.39 is 0 Å². The van der Waals surface area contributed by atoms with Crippen molar-refractivity contribution in [1.29, 1.82) is 0 Å². The van der Waals surface area contributed by atoms with Gasteiger partial charge < -0.3 is 10.2 Å². The van der Waals surface area contributed by atoms with Crippen molar-refractivity contribution in [1.82, 2.24) is 10.2 Å². The molecule has 18 heavy (non-hydrogen) atoms. The van der Waals surface area contributed by atoms with Crippen LogP contribution >= 0.6 is 0 Å². The number of nitrogens with zero attached hydrogens (tertiary/aromatic N) is 1. The molecule has 1 fully saturated rings. The summed E-state index contributed by atoms with van der Waals surface area (Å²) in [5.41, 5.74) is 0.532. The summed E-state index contributed by atoms with van der Waals surface area (Å²) in [4.78, 5) is 2.54. The third-order valence-electron chi connectivity index (χ3n) is 4.56. The molecule has 108 valence electrons. The van der Waals surface area contributed by atoms with Crippen molar-refractivity contribution >= 4 is 0 Å². The second kappa shape index (κ2) is 8.16. The molecule has 1 aliphatic carbocycles. The molecule has 0 spiro atoms. The maximum atomic E-state index is 3.69. The van der Waals surface area contributed by atoms with Gasteiger partial charge in [-0.15, -0.1) is 0 Å². The molecule has 0 aromatic carbocycles. The van der Waals surface area contributed by atoms with Gasteiger partial charge in [0.25, 0.3) is 0 Å². The topological polar surface area (TPSA) is 15.3 Å². The Morgan fingerprint density at radius 1 is 1.11 bits per heavy atom. The summed E-state index contributed by atoms with van der Waals surface area (Å²) < 4.78 is 0. The van der Waals surface area contributed by atoms with Gasteiger partial charge in [0, 0.05) is 19.1 Å². The van der Waals surface area contributed by atoms with E-state index in [1.165, 1.54) is 64.6 Å². The molecule has 2 heteroatoms. The molecule has 0 atom stereocenters. The zero-order chi connectivity index (χ0) is 13.4. The molecule has 0 saturated heterocycles. The summed E-state index contributed by atoms with van der Waals surface area (Å²) in [7, 11) is 2.29. The van der Waals surface area contributed by atoms with Gasteiger partial charge in [0.15, 0.2) is 0 Å². The van der Waals surface area contributed by atoms with Crippen LogP contribution in [0, 0.1) is 5.41 Å². The summed E-state index contributed by atoms with van der Waals surface area (Å²) >= 11 is 0. The van der Waals surface area contributed by atoms with Crippen LogP contribution < -0.4 is 5.32 Å². The smallest absolute Gasteiger partial charge is 0.00498 e. The van der Waals surface area contributed by atoms with Gasteiger partial charge in [0.1, 0.15) is 0 Å². The normalized spacial score (nSPS) is 20.3. The highest BCUT2D eigenvalue weighted by Crippen LogP contribution is 2.35. The van der Waals surface area contributed by atoms with Crippen molar-refractivity contribution in [3.05, 3.63) is 0 Å². The highest BCUT2D eigenvalue weighted by molar-refractivity contribution is 4.87. The predicted octanol–water partition coefficient (Wildman–Crippen LogP) is 3.67. The number of nitrogens with one attached hydrogen (secondary N) is 1. The van der Waals surface area contributed by atoms with Crippen LogP contribution in [0.25, 0.3) is 0 Å². The van der Waals surface area contributed by atoms with Gasteiger partial charge in [-0.25, -0.2) is 0 Å². The fourth-order valence-electron chi connectivity index (χ4n) is 3.11. The third-order valence-corrected chi connectivity index (χ3v) is 4.56. The summed E-state index contributed by atoms with van der Waals surface area (Å²) in [6, 6.07) is 0.663. The van der Waals surface area contributed by atoms with Gasteiger partial charge in [-0.1, -0.05) is 32.6 Å². The lowest BCUT2D eigenvalue weighted by Crippen LogP contribution is -2.45. The predicted molar refractivity (Wildman–Crippen MR) is 81.1 cm³/mol. The average Bonchev–Trinajstić information content (AvgIpc) is 2.55. The summed E-state index contributed by atoms with van der Waals surface area (Å²) in [6.07, 6.45) is 9.83. The zero-order valence-corrected chi connectivity index (χ0v) is 13.1. The Labute approximate surface area is 115 Å². The van der Waals surface area contributed by atoms with E-state index in [1.807, 2.05) is 0 Å². The first-order valence-electron chi connectivity index (χ1n) is 8.00. The molecular formula is C16H34N2. The lowest BCUT2D eigenvalue weighted by molar-refractivity contribution is 0.126. The van der Waals surface area contributed by atoms with Gasteiger partial charge in [-0.3, -0.25) is 0 Å². The minimum absolute atomic E-state index is 0.532. The Morgan fingerprint density at radius 2 is 1.72 bits per heavy atom. The molecule has 0 aliphatic heterocycles. The first-order valence-corrected chi connectivity index (χ1v) is 8.00. The van der Waals surface area contributed by atoms with Crippen molar-refractivity contribution < 1.29 is 0 Å². The minimum Gasteiger partial charge on any atom is -0.316 e. The summed E-state index contributed by atoms with van der Waals surface area (Å²) in [5.74, 6) is 0. The lowest BCUT2D eigenvalue weighted by Gasteiger charge is -2.38. The fourth-order valence-corrected chi connectivity index (χ4v) is 3.11. The maximum absolute atomic E-state index is 3.69. The lowest BCUT2D eigenvalue weighted by atomic mass is 9.79. The zero-order valence-electron chi connectivity index (χ0n) is 13.1.